The number of fused-ring (bicyclic) bond motifs is 2. The molecule has 0 aliphatic carbocycles. The zero-order valence-electron chi connectivity index (χ0n) is 17.4. The predicted molar refractivity (Wildman–Crippen MR) is 122 cm³/mol. The van der Waals surface area contributed by atoms with Gasteiger partial charge in [-0.3, -0.25) is 4.40 Å². The van der Waals surface area contributed by atoms with Crippen LogP contribution in [0.1, 0.15) is 30.9 Å². The Morgan fingerprint density at radius 3 is 2.40 bits per heavy atom. The molecule has 0 radical (unpaired) electrons. The summed E-state index contributed by atoms with van der Waals surface area (Å²) in [5, 5.41) is 1.11. The van der Waals surface area contributed by atoms with Crippen molar-refractivity contribution in [3.8, 4) is 0 Å². The number of hydrogen-bond acceptors (Lipinski definition) is 6. The maximum atomic E-state index is 6.46. The largest absolute Gasteiger partial charge is 0.301 e. The minimum absolute atomic E-state index is 0.141. The number of nitrogens with zero attached hydrogens (tertiary/aromatic N) is 4. The summed E-state index contributed by atoms with van der Waals surface area (Å²) in [6.45, 7) is 4.84. The lowest BCUT2D eigenvalue weighted by atomic mass is 10.0. The Bertz CT molecular complexity index is 1170. The molecule has 4 heterocycles. The summed E-state index contributed by atoms with van der Waals surface area (Å²) < 4.78 is 4.00. The Kier molecular flexibility index (Phi) is 5.24. The predicted octanol–water partition coefficient (Wildman–Crippen LogP) is 1.67. The van der Waals surface area contributed by atoms with Gasteiger partial charge in [-0.15, -0.1) is 17.1 Å². The molecule has 4 aromatic rings. The van der Waals surface area contributed by atoms with Gasteiger partial charge in [0, 0.05) is 24.4 Å². The van der Waals surface area contributed by atoms with Crippen LogP contribution < -0.4 is 38.7 Å². The van der Waals surface area contributed by atoms with Crippen LogP contribution in [0.15, 0.2) is 60.9 Å². The van der Waals surface area contributed by atoms with Gasteiger partial charge in [0.2, 0.25) is 0 Å². The first-order valence-electron chi connectivity index (χ1n) is 10.0. The summed E-state index contributed by atoms with van der Waals surface area (Å²) in [5.41, 5.74) is 7.83. The number of rotatable bonds is 7. The van der Waals surface area contributed by atoms with Crippen LogP contribution in [0, 0.1) is 0 Å². The second kappa shape index (κ2) is 7.73. The van der Waals surface area contributed by atoms with Crippen LogP contribution in [0.5, 0.6) is 0 Å². The molecule has 0 spiro atoms. The monoisotopic (exact) mass is 408 g/mol. The van der Waals surface area contributed by atoms with Crippen LogP contribution in [-0.2, 0) is 6.42 Å². The van der Waals surface area contributed by atoms with Crippen LogP contribution in [0.3, 0.4) is 0 Å². The molecular formula is C21H30N9+. The highest BCUT2D eigenvalue weighted by Gasteiger charge is 2.27. The number of pyridine rings is 2. The molecule has 30 heavy (non-hydrogen) atoms. The van der Waals surface area contributed by atoms with Gasteiger partial charge in [-0.25, -0.2) is 16.8 Å². The van der Waals surface area contributed by atoms with Crippen molar-refractivity contribution < 1.29 is 0 Å². The quantitative estimate of drug-likeness (QED) is 0.180. The van der Waals surface area contributed by atoms with Crippen molar-refractivity contribution in [1.82, 2.24) is 19.0 Å². The third-order valence-electron chi connectivity index (χ3n) is 5.68. The number of nitrogens with one attached hydrogen (secondary N) is 1. The van der Waals surface area contributed by atoms with Gasteiger partial charge in [0.25, 0.3) is 5.82 Å². The van der Waals surface area contributed by atoms with E-state index in [-0.39, 0.29) is 5.92 Å². The molecule has 0 fully saturated rings. The lowest BCUT2D eigenvalue weighted by Gasteiger charge is -2.27. The van der Waals surface area contributed by atoms with Crippen molar-refractivity contribution in [2.45, 2.75) is 26.2 Å². The number of aryl methyl sites for hydroxylation is 1. The molecule has 0 bridgehead atoms. The minimum Gasteiger partial charge on any atom is -0.301 e. The second-order valence-electron chi connectivity index (χ2n) is 7.69. The number of hydrazine groups is 2. The summed E-state index contributed by atoms with van der Waals surface area (Å²) in [4.78, 5) is -0.416. The SMILES string of the molecule is CCc1cccn2c([N+](N)(N)NCC(C)c3cccn4c(N(N)N)ccc34)ccc12. The van der Waals surface area contributed by atoms with E-state index >= 15 is 0 Å². The van der Waals surface area contributed by atoms with Crippen LogP contribution >= 0.6 is 0 Å². The smallest absolute Gasteiger partial charge is 0.272 e. The first kappa shape index (κ1) is 20.4. The van der Waals surface area contributed by atoms with Gasteiger partial charge in [-0.1, -0.05) is 30.8 Å². The maximum Gasteiger partial charge on any atom is 0.272 e. The molecule has 0 amide bonds. The minimum atomic E-state index is -0.416. The molecular weight excluding hydrogens is 378 g/mol. The molecule has 0 saturated heterocycles. The van der Waals surface area contributed by atoms with E-state index in [0.717, 1.165) is 34.0 Å². The standard InChI is InChI=1S/C21H30N9/c1-3-16-6-4-13-28-18(16)9-11-21(28)30(24,25)26-14-15(2)17-7-5-12-27-19(17)8-10-20(27)29(22)23/h4-13,15,26H,3,14,22-25H2,1-2H3/q+1. The first-order valence-corrected chi connectivity index (χ1v) is 10.0. The van der Waals surface area contributed by atoms with Gasteiger partial charge < -0.3 is 4.40 Å². The number of nitrogens with two attached hydrogens (primary N) is 4. The molecule has 9 N–H and O–H groups in total. The number of hydrogen-bond donors (Lipinski definition) is 5. The van der Waals surface area contributed by atoms with Gasteiger partial charge in [0.05, 0.1) is 17.6 Å². The third-order valence-corrected chi connectivity index (χ3v) is 5.68. The summed E-state index contributed by atoms with van der Waals surface area (Å²) in [6.07, 6.45) is 4.86. The Labute approximate surface area is 175 Å². The molecule has 1 atom stereocenters. The molecule has 0 aliphatic heterocycles. The topological polar surface area (TPSA) is 128 Å². The molecule has 0 aliphatic rings. The van der Waals surface area contributed by atoms with Crippen molar-refractivity contribution in [1.29, 1.82) is 0 Å². The fourth-order valence-electron chi connectivity index (χ4n) is 4.04. The Morgan fingerprint density at radius 1 is 0.967 bits per heavy atom. The van der Waals surface area contributed by atoms with Crippen LogP contribution in [0.2, 0.25) is 0 Å². The fourth-order valence-corrected chi connectivity index (χ4v) is 4.04. The molecule has 1 unspecified atom stereocenters. The van der Waals surface area contributed by atoms with E-state index in [1.165, 1.54) is 5.56 Å². The second-order valence-corrected chi connectivity index (χ2v) is 7.69. The molecule has 0 aromatic carbocycles. The summed E-state index contributed by atoms with van der Waals surface area (Å²) in [5.74, 6) is 26.0. The first-order chi connectivity index (χ1) is 14.3. The highest BCUT2D eigenvalue weighted by molar-refractivity contribution is 5.64. The number of quaternary nitrogens is 1. The number of aromatic nitrogens is 2. The summed E-state index contributed by atoms with van der Waals surface area (Å²) >= 11 is 0. The zero-order chi connectivity index (χ0) is 21.5. The molecule has 158 valence electrons. The van der Waals surface area contributed by atoms with Gasteiger partial charge >= 0.3 is 0 Å². The van der Waals surface area contributed by atoms with Gasteiger partial charge in [-0.2, -0.15) is 0 Å². The van der Waals surface area contributed by atoms with Crippen molar-refractivity contribution in [2.75, 3.05) is 11.7 Å². The van der Waals surface area contributed by atoms with E-state index in [1.807, 2.05) is 51.5 Å². The Morgan fingerprint density at radius 2 is 1.67 bits per heavy atom. The lowest BCUT2D eigenvalue weighted by molar-refractivity contribution is 0.187. The molecule has 4 rings (SSSR count). The summed E-state index contributed by atoms with van der Waals surface area (Å²) in [6, 6.07) is 16.1. The van der Waals surface area contributed by atoms with E-state index in [4.69, 9.17) is 23.4 Å². The zero-order valence-corrected chi connectivity index (χ0v) is 17.4. The average molecular weight is 409 g/mol. The molecule has 0 saturated carbocycles. The van der Waals surface area contributed by atoms with Gasteiger partial charge in [0.15, 0.2) is 0 Å². The average Bonchev–Trinajstić information content (AvgIpc) is 3.36. The lowest BCUT2D eigenvalue weighted by Crippen LogP contribution is -2.71. The fraction of sp³-hybridized carbons (Fsp3) is 0.238. The highest BCUT2D eigenvalue weighted by atomic mass is 15.9. The molecule has 4 aromatic heterocycles. The van der Waals surface area contributed by atoms with E-state index in [0.29, 0.717) is 12.4 Å². The van der Waals surface area contributed by atoms with Crippen molar-refractivity contribution >= 4 is 22.7 Å². The normalized spacial score (nSPS) is 13.3. The molecule has 9 heteroatoms. The molecule has 9 nitrogen and oxygen atoms in total. The van der Waals surface area contributed by atoms with E-state index in [1.54, 1.807) is 0 Å². The summed E-state index contributed by atoms with van der Waals surface area (Å²) in [7, 11) is 0. The highest BCUT2D eigenvalue weighted by Crippen LogP contribution is 2.26. The Hall–Kier alpha value is -2.92. The van der Waals surface area contributed by atoms with Crippen molar-refractivity contribution in [2.24, 2.45) is 23.4 Å². The number of anilines is 1. The Balaban J connectivity index is 1.58. The van der Waals surface area contributed by atoms with Crippen LogP contribution in [0.25, 0.3) is 11.0 Å². The van der Waals surface area contributed by atoms with Crippen molar-refractivity contribution in [3.63, 3.8) is 0 Å². The van der Waals surface area contributed by atoms with Crippen molar-refractivity contribution in [3.05, 3.63) is 72.1 Å². The van der Waals surface area contributed by atoms with Gasteiger partial charge in [-0.05, 0) is 47.9 Å². The maximum absolute atomic E-state index is 6.46. The van der Waals surface area contributed by atoms with E-state index in [2.05, 4.69) is 37.5 Å². The third kappa shape index (κ3) is 3.43. The van der Waals surface area contributed by atoms with Gasteiger partial charge in [0.1, 0.15) is 5.82 Å². The van der Waals surface area contributed by atoms with Crippen LogP contribution in [-0.4, -0.2) is 15.3 Å². The van der Waals surface area contributed by atoms with Crippen LogP contribution in [0.4, 0.5) is 11.6 Å². The van der Waals surface area contributed by atoms with E-state index in [9.17, 15) is 0 Å². The van der Waals surface area contributed by atoms with E-state index < -0.39 is 4.81 Å².